The Morgan fingerprint density at radius 3 is 2.61 bits per heavy atom. The van der Waals surface area contributed by atoms with E-state index in [1.807, 2.05) is 13.8 Å². The van der Waals surface area contributed by atoms with Gasteiger partial charge in [-0.2, -0.15) is 4.31 Å². The fourth-order valence-corrected chi connectivity index (χ4v) is 5.03. The molecule has 1 amide bonds. The number of nitrogens with one attached hydrogen (secondary N) is 1. The van der Waals surface area contributed by atoms with E-state index in [1.54, 1.807) is 12.0 Å². The number of pyridine rings is 1. The van der Waals surface area contributed by atoms with Crippen molar-refractivity contribution < 1.29 is 22.7 Å². The van der Waals surface area contributed by atoms with E-state index in [9.17, 15) is 18.0 Å². The molecule has 9 nitrogen and oxygen atoms in total. The predicted octanol–water partition coefficient (Wildman–Crippen LogP) is 1.29. The number of amides is 1. The van der Waals surface area contributed by atoms with Crippen molar-refractivity contribution in [1.82, 2.24) is 14.2 Å². The third-order valence-electron chi connectivity index (χ3n) is 5.09. The van der Waals surface area contributed by atoms with Crippen LogP contribution in [0.4, 0.5) is 0 Å². The van der Waals surface area contributed by atoms with Gasteiger partial charge >= 0.3 is 0 Å². The van der Waals surface area contributed by atoms with E-state index in [0.29, 0.717) is 43.8 Å². The maximum atomic E-state index is 13.4. The first-order chi connectivity index (χ1) is 14.7. The zero-order valence-corrected chi connectivity index (χ0v) is 18.9. The minimum Gasteiger partial charge on any atom is -0.383 e. The van der Waals surface area contributed by atoms with E-state index in [1.165, 1.54) is 28.6 Å². The summed E-state index contributed by atoms with van der Waals surface area (Å²) in [5.41, 5.74) is 0.165. The minimum atomic E-state index is -3.74. The highest BCUT2D eigenvalue weighted by Crippen LogP contribution is 2.24. The third-order valence-corrected chi connectivity index (χ3v) is 6.99. The SMILES string of the molecule is COCCN(CC(C)C)C(=O)c1cc(=O)[nH]c2ccc(S(=O)(=O)N3CCOCC3)cc12. The number of ether oxygens (including phenoxy) is 2. The number of carbonyl (C=O) groups excluding carboxylic acids is 1. The van der Waals surface area contributed by atoms with Gasteiger partial charge in [0, 0.05) is 50.3 Å². The van der Waals surface area contributed by atoms with Crippen LogP contribution < -0.4 is 5.56 Å². The highest BCUT2D eigenvalue weighted by atomic mass is 32.2. The van der Waals surface area contributed by atoms with Crippen LogP contribution in [0.25, 0.3) is 10.9 Å². The molecule has 31 heavy (non-hydrogen) atoms. The molecule has 1 fully saturated rings. The molecule has 3 rings (SSSR count). The van der Waals surface area contributed by atoms with E-state index in [2.05, 4.69) is 4.98 Å². The van der Waals surface area contributed by atoms with Gasteiger partial charge in [0.25, 0.3) is 5.91 Å². The largest absolute Gasteiger partial charge is 0.383 e. The maximum absolute atomic E-state index is 13.4. The predicted molar refractivity (Wildman–Crippen MR) is 117 cm³/mol. The molecule has 0 spiro atoms. The van der Waals surface area contributed by atoms with Gasteiger partial charge in [0.2, 0.25) is 15.6 Å². The second-order valence-corrected chi connectivity index (χ2v) is 9.85. The van der Waals surface area contributed by atoms with Crippen LogP contribution >= 0.6 is 0 Å². The fraction of sp³-hybridized carbons (Fsp3) is 0.524. The van der Waals surface area contributed by atoms with Crippen LogP contribution in [0.5, 0.6) is 0 Å². The number of hydrogen-bond donors (Lipinski definition) is 1. The molecule has 2 aromatic rings. The topological polar surface area (TPSA) is 109 Å². The number of morpholine rings is 1. The lowest BCUT2D eigenvalue weighted by molar-refractivity contribution is 0.0674. The average Bonchev–Trinajstić information content (AvgIpc) is 2.75. The molecular formula is C21H29N3O6S. The summed E-state index contributed by atoms with van der Waals surface area (Å²) in [6, 6.07) is 5.68. The number of fused-ring (bicyclic) bond motifs is 1. The second-order valence-electron chi connectivity index (χ2n) is 7.91. The van der Waals surface area contributed by atoms with Gasteiger partial charge in [0.05, 0.1) is 30.3 Å². The number of benzene rings is 1. The average molecular weight is 452 g/mol. The van der Waals surface area contributed by atoms with Crippen molar-refractivity contribution in [3.05, 3.63) is 40.2 Å². The Balaban J connectivity index is 2.07. The number of sulfonamides is 1. The first-order valence-electron chi connectivity index (χ1n) is 10.3. The zero-order chi connectivity index (χ0) is 22.6. The minimum absolute atomic E-state index is 0.0790. The monoisotopic (exact) mass is 451 g/mol. The molecule has 1 N–H and O–H groups in total. The number of hydrogen-bond acceptors (Lipinski definition) is 6. The number of H-pyrrole nitrogens is 1. The summed E-state index contributed by atoms with van der Waals surface area (Å²) < 4.78 is 37.9. The molecule has 1 aliphatic heterocycles. The molecule has 1 saturated heterocycles. The van der Waals surface area contributed by atoms with Crippen LogP contribution in [0, 0.1) is 5.92 Å². The molecule has 1 aliphatic rings. The molecule has 0 radical (unpaired) electrons. The summed E-state index contributed by atoms with van der Waals surface area (Å²) in [5, 5.41) is 0.394. The summed E-state index contributed by atoms with van der Waals surface area (Å²) in [4.78, 5) is 30.0. The summed E-state index contributed by atoms with van der Waals surface area (Å²) in [5.74, 6) is -0.117. The normalized spacial score (nSPS) is 15.5. The van der Waals surface area contributed by atoms with Crippen LogP contribution in [-0.4, -0.2) is 81.6 Å². The molecule has 0 bridgehead atoms. The summed E-state index contributed by atoms with van der Waals surface area (Å²) in [6.45, 7) is 6.44. The lowest BCUT2D eigenvalue weighted by Crippen LogP contribution is -2.40. The lowest BCUT2D eigenvalue weighted by atomic mass is 10.1. The Morgan fingerprint density at radius 2 is 1.97 bits per heavy atom. The van der Waals surface area contributed by atoms with Crippen LogP contribution in [-0.2, 0) is 19.5 Å². The van der Waals surface area contributed by atoms with Crippen molar-refractivity contribution >= 4 is 26.8 Å². The number of aromatic amines is 1. The van der Waals surface area contributed by atoms with Crippen molar-refractivity contribution in [1.29, 1.82) is 0 Å². The molecule has 1 aromatic carbocycles. The van der Waals surface area contributed by atoms with Gasteiger partial charge in [-0.25, -0.2) is 8.42 Å². The fourth-order valence-electron chi connectivity index (χ4n) is 3.59. The first kappa shape index (κ1) is 23.4. The Morgan fingerprint density at radius 1 is 1.26 bits per heavy atom. The maximum Gasteiger partial charge on any atom is 0.254 e. The highest BCUT2D eigenvalue weighted by molar-refractivity contribution is 7.89. The molecule has 0 atom stereocenters. The third kappa shape index (κ3) is 5.32. The zero-order valence-electron chi connectivity index (χ0n) is 18.1. The summed E-state index contributed by atoms with van der Waals surface area (Å²) in [6.07, 6.45) is 0. The number of carbonyl (C=O) groups is 1. The molecule has 10 heteroatoms. The van der Waals surface area contributed by atoms with Gasteiger partial charge in [0.15, 0.2) is 0 Å². The van der Waals surface area contributed by atoms with Crippen molar-refractivity contribution in [3.63, 3.8) is 0 Å². The van der Waals surface area contributed by atoms with Crippen molar-refractivity contribution in [2.45, 2.75) is 18.7 Å². The van der Waals surface area contributed by atoms with Crippen molar-refractivity contribution in [3.8, 4) is 0 Å². The molecule has 2 heterocycles. The highest BCUT2D eigenvalue weighted by Gasteiger charge is 2.27. The smallest absolute Gasteiger partial charge is 0.254 e. The molecule has 0 saturated carbocycles. The Hall–Kier alpha value is -2.27. The molecule has 0 unspecified atom stereocenters. The van der Waals surface area contributed by atoms with Crippen LogP contribution in [0.2, 0.25) is 0 Å². The molecule has 0 aliphatic carbocycles. The standard InChI is InChI=1S/C21H29N3O6S/c1-15(2)14-23(6-9-29-3)21(26)18-13-20(25)22-19-5-4-16(12-17(18)19)31(27,28)24-7-10-30-11-8-24/h4-5,12-13,15H,6-11,14H2,1-3H3,(H,22,25). The lowest BCUT2D eigenvalue weighted by Gasteiger charge is -2.26. The molecule has 1 aromatic heterocycles. The van der Waals surface area contributed by atoms with E-state index in [4.69, 9.17) is 9.47 Å². The Kier molecular flexibility index (Phi) is 7.47. The number of methoxy groups -OCH3 is 1. The van der Waals surface area contributed by atoms with Crippen LogP contribution in [0.3, 0.4) is 0 Å². The molecule has 170 valence electrons. The van der Waals surface area contributed by atoms with Gasteiger partial charge in [-0.3, -0.25) is 9.59 Å². The summed E-state index contributed by atoms with van der Waals surface area (Å²) >= 11 is 0. The van der Waals surface area contributed by atoms with Crippen molar-refractivity contribution in [2.24, 2.45) is 5.92 Å². The van der Waals surface area contributed by atoms with Crippen LogP contribution in [0.15, 0.2) is 34.0 Å². The Bertz CT molecular complexity index is 1090. The van der Waals surface area contributed by atoms with E-state index < -0.39 is 15.6 Å². The van der Waals surface area contributed by atoms with E-state index >= 15 is 0 Å². The number of rotatable bonds is 8. The number of nitrogens with zero attached hydrogens (tertiary/aromatic N) is 2. The molecular weight excluding hydrogens is 422 g/mol. The van der Waals surface area contributed by atoms with Gasteiger partial charge in [0.1, 0.15) is 0 Å². The van der Waals surface area contributed by atoms with E-state index in [0.717, 1.165) is 0 Å². The first-order valence-corrected chi connectivity index (χ1v) is 11.7. The van der Waals surface area contributed by atoms with E-state index in [-0.39, 0.29) is 35.4 Å². The van der Waals surface area contributed by atoms with Crippen molar-refractivity contribution in [2.75, 3.05) is 53.1 Å². The Labute approximate surface area is 182 Å². The van der Waals surface area contributed by atoms with Gasteiger partial charge in [-0.1, -0.05) is 13.8 Å². The summed E-state index contributed by atoms with van der Waals surface area (Å²) in [7, 11) is -2.18. The van der Waals surface area contributed by atoms with Crippen LogP contribution in [0.1, 0.15) is 24.2 Å². The quantitative estimate of drug-likeness (QED) is 0.648. The second kappa shape index (κ2) is 9.90. The van der Waals surface area contributed by atoms with Gasteiger partial charge in [-0.15, -0.1) is 0 Å². The number of aromatic nitrogens is 1. The van der Waals surface area contributed by atoms with Gasteiger partial charge in [-0.05, 0) is 24.1 Å². The van der Waals surface area contributed by atoms with Gasteiger partial charge < -0.3 is 19.4 Å².